The number of rotatable bonds is 6. The summed E-state index contributed by atoms with van der Waals surface area (Å²) in [6.07, 6.45) is -0.0280. The maximum Gasteiger partial charge on any atom is 0.336 e. The van der Waals surface area contributed by atoms with Gasteiger partial charge in [0, 0.05) is 26.2 Å². The first-order chi connectivity index (χ1) is 12.9. The van der Waals surface area contributed by atoms with Gasteiger partial charge in [-0.05, 0) is 45.7 Å². The zero-order valence-electron chi connectivity index (χ0n) is 14.7. The summed E-state index contributed by atoms with van der Waals surface area (Å²) in [5, 5.41) is 26.7. The van der Waals surface area contributed by atoms with Crippen molar-refractivity contribution >= 4 is 34.2 Å². The van der Waals surface area contributed by atoms with Crippen LogP contribution in [0.15, 0.2) is 52.7 Å². The Morgan fingerprint density at radius 2 is 1.63 bits per heavy atom. The van der Waals surface area contributed by atoms with Gasteiger partial charge >= 0.3 is 11.9 Å². The number of fused-ring (bicyclic) bond motifs is 1. The smallest absolute Gasteiger partial charge is 0.336 e. The summed E-state index contributed by atoms with van der Waals surface area (Å²) < 4.78 is 4.61. The van der Waals surface area contributed by atoms with Crippen LogP contribution in [0.5, 0.6) is 0 Å². The Bertz CT molecular complexity index is 1030. The molecule has 0 fully saturated rings. The molecule has 0 bridgehead atoms. The van der Waals surface area contributed by atoms with Gasteiger partial charge in [-0.3, -0.25) is 0 Å². The average Bonchev–Trinajstić information content (AvgIpc) is 3.09. The molecule has 2 aromatic carbocycles. The number of aromatic nitrogens is 2. The summed E-state index contributed by atoms with van der Waals surface area (Å²) in [5.74, 6) is -2.62. The molecule has 0 atom stereocenters. The van der Waals surface area contributed by atoms with Gasteiger partial charge in [0.2, 0.25) is 0 Å². The van der Waals surface area contributed by atoms with Crippen LogP contribution in [0.25, 0.3) is 16.6 Å². The number of carboxylic acid groups (broad SMARTS) is 2. The lowest BCUT2D eigenvalue weighted by Crippen LogP contribution is -2.13. The van der Waals surface area contributed by atoms with Crippen molar-refractivity contribution in [1.29, 1.82) is 0 Å². The third kappa shape index (κ3) is 3.79. The highest BCUT2D eigenvalue weighted by atomic mass is 16.6. The molecule has 3 aromatic rings. The molecule has 0 spiro atoms. The van der Waals surface area contributed by atoms with E-state index in [1.165, 1.54) is 18.2 Å². The van der Waals surface area contributed by atoms with Crippen molar-refractivity contribution in [3.05, 3.63) is 59.2 Å². The van der Waals surface area contributed by atoms with Crippen LogP contribution in [0.2, 0.25) is 0 Å². The van der Waals surface area contributed by atoms with Crippen molar-refractivity contribution in [3.8, 4) is 0 Å². The van der Waals surface area contributed by atoms with Crippen LogP contribution in [0.1, 0.15) is 11.1 Å². The zero-order chi connectivity index (χ0) is 19.6. The van der Waals surface area contributed by atoms with E-state index in [4.69, 9.17) is 0 Å². The summed E-state index contributed by atoms with van der Waals surface area (Å²) in [6.45, 7) is 0. The summed E-state index contributed by atoms with van der Waals surface area (Å²) in [7, 11) is 3.80. The first-order valence-corrected chi connectivity index (χ1v) is 8.05. The molecule has 0 saturated carbocycles. The minimum atomic E-state index is -1.33. The maximum atomic E-state index is 11.9. The molecule has 0 aliphatic heterocycles. The molecule has 3 rings (SSSR count). The van der Waals surface area contributed by atoms with Crippen LogP contribution < -0.4 is 4.90 Å². The van der Waals surface area contributed by atoms with Gasteiger partial charge in [0.05, 0.1) is 11.1 Å². The van der Waals surface area contributed by atoms with Crippen molar-refractivity contribution < 1.29 is 24.4 Å². The van der Waals surface area contributed by atoms with Crippen molar-refractivity contribution in [1.82, 2.24) is 10.3 Å². The van der Waals surface area contributed by atoms with Crippen LogP contribution in [-0.2, 0) is 16.0 Å². The lowest BCUT2D eigenvalue weighted by molar-refractivity contribution is -0.134. The molecule has 1 aromatic heterocycles. The number of carboxylic acids is 2. The van der Waals surface area contributed by atoms with Crippen molar-refractivity contribution in [3.63, 3.8) is 0 Å². The largest absolute Gasteiger partial charge is 0.478 e. The van der Waals surface area contributed by atoms with E-state index in [0.29, 0.717) is 16.6 Å². The normalized spacial score (nSPS) is 11.9. The monoisotopic (exact) mass is 367 g/mol. The minimum absolute atomic E-state index is 0.0280. The number of nitrogens with zero attached hydrogens (tertiary/aromatic N) is 3. The van der Waals surface area contributed by atoms with Gasteiger partial charge in [-0.25, -0.2) is 14.2 Å². The molecule has 8 heteroatoms. The fourth-order valence-corrected chi connectivity index (χ4v) is 2.75. The minimum Gasteiger partial charge on any atom is -0.478 e. The Balaban J connectivity index is 2.07. The summed E-state index contributed by atoms with van der Waals surface area (Å²) >= 11 is 0. The standard InChI is InChI=1S/C19H17N3O5/c1-22(2)13-6-3-11(4-7-13)9-14(18(23)24)17(19(25)26)12-5-8-15-16(10-12)21-27-20-15/h3-8,10H,9H2,1-2H3,(H,23,24)(H,25,26)/b17-14-. The van der Waals surface area contributed by atoms with Gasteiger partial charge in [-0.15, -0.1) is 0 Å². The van der Waals surface area contributed by atoms with Crippen LogP contribution in [0.3, 0.4) is 0 Å². The highest BCUT2D eigenvalue weighted by Crippen LogP contribution is 2.26. The Morgan fingerprint density at radius 1 is 0.963 bits per heavy atom. The van der Waals surface area contributed by atoms with E-state index in [2.05, 4.69) is 14.9 Å². The predicted molar refractivity (Wildman–Crippen MR) is 98.5 cm³/mol. The van der Waals surface area contributed by atoms with Gasteiger partial charge in [0.25, 0.3) is 0 Å². The van der Waals surface area contributed by atoms with Gasteiger partial charge in [0.1, 0.15) is 11.0 Å². The van der Waals surface area contributed by atoms with Crippen molar-refractivity contribution in [2.75, 3.05) is 19.0 Å². The third-order valence-corrected chi connectivity index (χ3v) is 4.15. The van der Waals surface area contributed by atoms with E-state index in [1.807, 2.05) is 31.1 Å². The fourth-order valence-electron chi connectivity index (χ4n) is 2.75. The Kier molecular flexibility index (Phi) is 4.89. The highest BCUT2D eigenvalue weighted by molar-refractivity contribution is 6.22. The summed E-state index contributed by atoms with van der Waals surface area (Å²) in [5.41, 5.74) is 2.20. The molecule has 0 unspecified atom stereocenters. The number of aliphatic carboxylic acids is 2. The highest BCUT2D eigenvalue weighted by Gasteiger charge is 2.23. The molecule has 27 heavy (non-hydrogen) atoms. The average molecular weight is 367 g/mol. The molecule has 0 amide bonds. The number of benzene rings is 2. The quantitative estimate of drug-likeness (QED) is 0.638. The predicted octanol–water partition coefficient (Wildman–Crippen LogP) is 2.45. The molecule has 8 nitrogen and oxygen atoms in total. The molecule has 0 radical (unpaired) electrons. The first-order valence-electron chi connectivity index (χ1n) is 8.05. The fraction of sp³-hybridized carbons (Fsp3) is 0.158. The van der Waals surface area contributed by atoms with Gasteiger partial charge in [0.15, 0.2) is 0 Å². The van der Waals surface area contributed by atoms with E-state index in [0.717, 1.165) is 5.69 Å². The Hall–Kier alpha value is -3.68. The first kappa shape index (κ1) is 18.1. The SMILES string of the molecule is CN(C)c1ccc(C/C(C(=O)O)=C(/C(=O)O)c2ccc3nonc3c2)cc1. The lowest BCUT2D eigenvalue weighted by Gasteiger charge is -2.13. The number of hydrogen-bond acceptors (Lipinski definition) is 6. The third-order valence-electron chi connectivity index (χ3n) is 4.15. The lowest BCUT2D eigenvalue weighted by atomic mass is 9.94. The van der Waals surface area contributed by atoms with E-state index < -0.39 is 11.9 Å². The van der Waals surface area contributed by atoms with Gasteiger partial charge < -0.3 is 15.1 Å². The number of carbonyl (C=O) groups is 2. The number of hydrogen-bond donors (Lipinski definition) is 2. The van der Waals surface area contributed by atoms with Crippen molar-refractivity contribution in [2.45, 2.75) is 6.42 Å². The molecule has 0 saturated heterocycles. The molecule has 0 aliphatic carbocycles. The van der Waals surface area contributed by atoms with Gasteiger partial charge in [-0.1, -0.05) is 18.2 Å². The maximum absolute atomic E-state index is 11.9. The molecule has 2 N–H and O–H groups in total. The molecule has 138 valence electrons. The van der Waals surface area contributed by atoms with Crippen LogP contribution in [0.4, 0.5) is 5.69 Å². The van der Waals surface area contributed by atoms with Crippen LogP contribution in [0, 0.1) is 0 Å². The topological polar surface area (TPSA) is 117 Å². The van der Waals surface area contributed by atoms with E-state index in [9.17, 15) is 19.8 Å². The molecule has 1 heterocycles. The Labute approximate surface area is 154 Å². The summed E-state index contributed by atoms with van der Waals surface area (Å²) in [6, 6.07) is 11.7. The second kappa shape index (κ2) is 7.28. The van der Waals surface area contributed by atoms with E-state index in [-0.39, 0.29) is 23.1 Å². The van der Waals surface area contributed by atoms with Crippen molar-refractivity contribution in [2.24, 2.45) is 0 Å². The van der Waals surface area contributed by atoms with Crippen LogP contribution in [-0.4, -0.2) is 46.6 Å². The van der Waals surface area contributed by atoms with E-state index in [1.54, 1.807) is 12.1 Å². The van der Waals surface area contributed by atoms with E-state index >= 15 is 0 Å². The van der Waals surface area contributed by atoms with Crippen LogP contribution >= 0.6 is 0 Å². The Morgan fingerprint density at radius 3 is 2.22 bits per heavy atom. The molecule has 0 aliphatic rings. The second-order valence-corrected chi connectivity index (χ2v) is 6.17. The summed E-state index contributed by atoms with van der Waals surface area (Å²) in [4.78, 5) is 25.6. The molecular weight excluding hydrogens is 350 g/mol. The zero-order valence-corrected chi connectivity index (χ0v) is 14.7. The number of anilines is 1. The molecular formula is C19H17N3O5. The van der Waals surface area contributed by atoms with Gasteiger partial charge in [-0.2, -0.15) is 0 Å². The second-order valence-electron chi connectivity index (χ2n) is 6.17.